The highest BCUT2D eigenvalue weighted by molar-refractivity contribution is 9.11. The van der Waals surface area contributed by atoms with Gasteiger partial charge in [-0.15, -0.1) is 11.3 Å². The third-order valence-corrected chi connectivity index (χ3v) is 10.7. The molecule has 4 aliphatic carbocycles. The lowest BCUT2D eigenvalue weighted by Gasteiger charge is -2.56. The van der Waals surface area contributed by atoms with Crippen molar-refractivity contribution in [3.63, 3.8) is 0 Å². The average Bonchev–Trinajstić information content (AvgIpc) is 3.35. The molecule has 0 radical (unpaired) electrons. The number of halogens is 1. The molecule has 0 spiro atoms. The second-order valence-corrected chi connectivity index (χ2v) is 12.8. The number of aryl methyl sites for hydroxylation is 1. The van der Waals surface area contributed by atoms with Gasteiger partial charge in [-0.25, -0.2) is 9.78 Å². The summed E-state index contributed by atoms with van der Waals surface area (Å²) in [7, 11) is 1.95. The predicted octanol–water partition coefficient (Wildman–Crippen LogP) is 7.69. The van der Waals surface area contributed by atoms with Gasteiger partial charge in [-0.2, -0.15) is 0 Å². The lowest BCUT2D eigenvalue weighted by Crippen LogP contribution is -2.57. The van der Waals surface area contributed by atoms with Crippen molar-refractivity contribution in [3.05, 3.63) is 74.1 Å². The zero-order valence-corrected chi connectivity index (χ0v) is 22.0. The lowest BCUT2D eigenvalue weighted by molar-refractivity contribution is -0.0435. The van der Waals surface area contributed by atoms with Crippen molar-refractivity contribution >= 4 is 33.4 Å². The maximum Gasteiger partial charge on any atom is 0.410 e. The first-order valence-corrected chi connectivity index (χ1v) is 13.8. The van der Waals surface area contributed by atoms with Crippen molar-refractivity contribution < 1.29 is 9.53 Å². The van der Waals surface area contributed by atoms with Crippen LogP contribution in [0.2, 0.25) is 0 Å². The van der Waals surface area contributed by atoms with E-state index in [2.05, 4.69) is 47.1 Å². The first-order valence-electron chi connectivity index (χ1n) is 12.1. The highest BCUT2D eigenvalue weighted by Crippen LogP contribution is 2.56. The van der Waals surface area contributed by atoms with Crippen LogP contribution in [0.15, 0.2) is 52.3 Å². The molecule has 7 rings (SSSR count). The Labute approximate surface area is 213 Å². The zero-order valence-electron chi connectivity index (χ0n) is 19.6. The summed E-state index contributed by atoms with van der Waals surface area (Å²) in [6.45, 7) is 2.07. The standard InChI is InChI=1S/C28H29BrN2O2S/c1-18-25(29)34-23(30-18)17-27-11-14-28(15-12-27,16-13-27)31(2)26(32)33-24-21-9-5-3-7-19(21)20-8-4-6-10-22(20)24/h3-10,24H,11-17H2,1-2H3. The minimum Gasteiger partial charge on any atom is -0.436 e. The van der Waals surface area contributed by atoms with E-state index in [0.29, 0.717) is 5.41 Å². The maximum absolute atomic E-state index is 13.5. The summed E-state index contributed by atoms with van der Waals surface area (Å²) < 4.78 is 7.38. The number of thiazole rings is 1. The minimum atomic E-state index is -0.336. The second kappa shape index (κ2) is 8.20. The van der Waals surface area contributed by atoms with Crippen molar-refractivity contribution in [2.24, 2.45) is 5.41 Å². The van der Waals surface area contributed by atoms with Gasteiger partial charge in [0.25, 0.3) is 0 Å². The SMILES string of the molecule is Cc1nc(CC23CCC(N(C)C(=O)OC4c5ccccc5-c5ccccc54)(CC2)CC3)sc1Br. The summed E-state index contributed by atoms with van der Waals surface area (Å²) in [5, 5.41) is 1.24. The minimum absolute atomic E-state index is 0.0874. The molecule has 0 unspecified atom stereocenters. The molecule has 3 saturated carbocycles. The summed E-state index contributed by atoms with van der Waals surface area (Å²) in [4.78, 5) is 20.2. The molecule has 6 heteroatoms. The number of benzene rings is 2. The van der Waals surface area contributed by atoms with Crippen LogP contribution >= 0.6 is 27.3 Å². The van der Waals surface area contributed by atoms with Gasteiger partial charge >= 0.3 is 6.09 Å². The maximum atomic E-state index is 13.5. The molecule has 1 aromatic heterocycles. The molecule has 4 aliphatic rings. The number of nitrogens with zero attached hydrogens (tertiary/aromatic N) is 2. The number of amides is 1. The van der Waals surface area contributed by atoms with Gasteiger partial charge in [-0.1, -0.05) is 48.5 Å². The molecule has 176 valence electrons. The Morgan fingerprint density at radius 1 is 1.03 bits per heavy atom. The molecule has 3 fully saturated rings. The van der Waals surface area contributed by atoms with E-state index in [0.717, 1.165) is 65.6 Å². The third kappa shape index (κ3) is 3.53. The smallest absolute Gasteiger partial charge is 0.410 e. The monoisotopic (exact) mass is 536 g/mol. The molecule has 1 heterocycles. The highest BCUT2D eigenvalue weighted by Gasteiger charge is 2.52. The molecule has 2 aromatic carbocycles. The molecular weight excluding hydrogens is 508 g/mol. The number of hydrogen-bond acceptors (Lipinski definition) is 4. The van der Waals surface area contributed by atoms with Gasteiger partial charge in [-0.3, -0.25) is 0 Å². The van der Waals surface area contributed by atoms with Gasteiger partial charge in [0.2, 0.25) is 0 Å². The van der Waals surface area contributed by atoms with Crippen LogP contribution in [0, 0.1) is 12.3 Å². The number of carbonyl (C=O) groups excluding carboxylic acids is 1. The predicted molar refractivity (Wildman–Crippen MR) is 139 cm³/mol. The molecule has 3 aromatic rings. The van der Waals surface area contributed by atoms with Gasteiger partial charge in [0.15, 0.2) is 6.10 Å². The van der Waals surface area contributed by atoms with Crippen LogP contribution in [-0.2, 0) is 11.2 Å². The van der Waals surface area contributed by atoms with Crippen LogP contribution in [0.4, 0.5) is 4.79 Å². The Morgan fingerprint density at radius 2 is 1.59 bits per heavy atom. The molecule has 0 saturated heterocycles. The summed E-state index contributed by atoms with van der Waals surface area (Å²) in [6.07, 6.45) is 7.10. The van der Waals surface area contributed by atoms with E-state index in [9.17, 15) is 4.79 Å². The van der Waals surface area contributed by atoms with Crippen LogP contribution in [0.25, 0.3) is 11.1 Å². The quantitative estimate of drug-likeness (QED) is 0.343. The van der Waals surface area contributed by atoms with E-state index in [4.69, 9.17) is 9.72 Å². The van der Waals surface area contributed by atoms with E-state index in [1.54, 1.807) is 11.3 Å². The van der Waals surface area contributed by atoms with Gasteiger partial charge < -0.3 is 9.64 Å². The Balaban J connectivity index is 1.17. The molecule has 0 aliphatic heterocycles. The van der Waals surface area contributed by atoms with Crippen molar-refractivity contribution in [3.8, 4) is 11.1 Å². The first-order chi connectivity index (χ1) is 16.4. The lowest BCUT2D eigenvalue weighted by atomic mass is 9.56. The average molecular weight is 538 g/mol. The zero-order chi connectivity index (χ0) is 23.5. The van der Waals surface area contributed by atoms with Crippen LogP contribution in [0.1, 0.15) is 66.5 Å². The number of fused-ring (bicyclic) bond motifs is 6. The molecule has 1 amide bonds. The molecule has 2 bridgehead atoms. The van der Waals surface area contributed by atoms with Crippen molar-refractivity contribution in [1.82, 2.24) is 9.88 Å². The van der Waals surface area contributed by atoms with Crippen LogP contribution in [0.5, 0.6) is 0 Å². The van der Waals surface area contributed by atoms with E-state index in [1.165, 1.54) is 16.1 Å². The number of hydrogen-bond donors (Lipinski definition) is 0. The number of ether oxygens (including phenoxy) is 1. The molecule has 0 atom stereocenters. The topological polar surface area (TPSA) is 42.4 Å². The second-order valence-electron chi connectivity index (χ2n) is 10.4. The Bertz CT molecular complexity index is 1180. The largest absolute Gasteiger partial charge is 0.436 e. The highest BCUT2D eigenvalue weighted by atomic mass is 79.9. The first kappa shape index (κ1) is 22.3. The van der Waals surface area contributed by atoms with E-state index >= 15 is 0 Å². The Morgan fingerprint density at radius 3 is 2.12 bits per heavy atom. The van der Waals surface area contributed by atoms with Gasteiger partial charge in [0.05, 0.1) is 14.5 Å². The molecular formula is C28H29BrN2O2S. The van der Waals surface area contributed by atoms with E-state index in [-0.39, 0.29) is 17.7 Å². The van der Waals surface area contributed by atoms with E-state index < -0.39 is 0 Å². The fourth-order valence-electron chi connectivity index (χ4n) is 6.45. The van der Waals surface area contributed by atoms with Gasteiger partial charge in [0, 0.05) is 30.1 Å². The van der Waals surface area contributed by atoms with Crippen LogP contribution in [-0.4, -0.2) is 28.6 Å². The fourth-order valence-corrected chi connectivity index (χ4v) is 8.06. The van der Waals surface area contributed by atoms with Crippen LogP contribution in [0.3, 0.4) is 0 Å². The summed E-state index contributed by atoms with van der Waals surface area (Å²) in [6, 6.07) is 16.6. The van der Waals surface area contributed by atoms with Gasteiger partial charge in [0.1, 0.15) is 0 Å². The summed E-state index contributed by atoms with van der Waals surface area (Å²) in [5.74, 6) is 0. The number of aromatic nitrogens is 1. The van der Waals surface area contributed by atoms with Crippen molar-refractivity contribution in [2.45, 2.75) is 63.5 Å². The molecule has 4 nitrogen and oxygen atoms in total. The van der Waals surface area contributed by atoms with Crippen LogP contribution < -0.4 is 0 Å². The van der Waals surface area contributed by atoms with E-state index in [1.807, 2.05) is 36.2 Å². The summed E-state index contributed by atoms with van der Waals surface area (Å²) in [5.41, 5.74) is 5.84. The summed E-state index contributed by atoms with van der Waals surface area (Å²) >= 11 is 5.40. The third-order valence-electron chi connectivity index (χ3n) is 8.65. The number of carbonyl (C=O) groups is 1. The van der Waals surface area contributed by atoms with Gasteiger partial charge in [-0.05, 0) is 77.9 Å². The number of rotatable bonds is 4. The molecule has 0 N–H and O–H groups in total. The Hall–Kier alpha value is -2.18. The van der Waals surface area contributed by atoms with Crippen molar-refractivity contribution in [1.29, 1.82) is 0 Å². The molecule has 34 heavy (non-hydrogen) atoms. The Kier molecular flexibility index (Phi) is 5.38. The van der Waals surface area contributed by atoms with Crippen molar-refractivity contribution in [2.75, 3.05) is 7.05 Å². The normalized spacial score (nSPS) is 25.1. The fraction of sp³-hybridized carbons (Fsp3) is 0.429.